The first-order chi connectivity index (χ1) is 19.1. The molecule has 1 aromatic heterocycles. The molecule has 2 aliphatic rings. The molecule has 210 valence electrons. The summed E-state index contributed by atoms with van der Waals surface area (Å²) in [5, 5.41) is 10.6. The van der Waals surface area contributed by atoms with Crippen LogP contribution in [0.4, 0.5) is 19.0 Å². The average molecular weight is 574 g/mol. The van der Waals surface area contributed by atoms with Gasteiger partial charge in [-0.3, -0.25) is 9.59 Å². The van der Waals surface area contributed by atoms with Crippen LogP contribution in [0.2, 0.25) is 0 Å². The molecule has 0 saturated carbocycles. The maximum absolute atomic E-state index is 13.6. The number of halogens is 3. The molecular weight excluding hydrogens is 545 g/mol. The van der Waals surface area contributed by atoms with Gasteiger partial charge >= 0.3 is 23.6 Å². The number of nitrogens with one attached hydrogen (secondary N) is 2. The lowest BCUT2D eigenvalue weighted by molar-refractivity contribution is -0.136. The van der Waals surface area contributed by atoms with Gasteiger partial charge in [0.05, 0.1) is 23.5 Å². The van der Waals surface area contributed by atoms with Gasteiger partial charge in [0.15, 0.2) is 0 Å². The Balaban J connectivity index is 1.44. The zero-order valence-electron chi connectivity index (χ0n) is 21.8. The van der Waals surface area contributed by atoms with E-state index in [0.29, 0.717) is 36.4 Å². The fourth-order valence-electron chi connectivity index (χ4n) is 5.42. The van der Waals surface area contributed by atoms with Gasteiger partial charge < -0.3 is 15.4 Å². The number of hydrogen-bond donors (Lipinski definition) is 2. The third kappa shape index (κ3) is 5.58. The minimum absolute atomic E-state index is 0.0421. The van der Waals surface area contributed by atoms with Crippen molar-refractivity contribution in [1.82, 2.24) is 15.1 Å². The molecule has 1 spiro atoms. The molecule has 40 heavy (non-hydrogen) atoms. The molecule has 1 atom stereocenters. The van der Waals surface area contributed by atoms with Crippen LogP contribution in [0.1, 0.15) is 58.9 Å². The van der Waals surface area contributed by atoms with Crippen molar-refractivity contribution in [3.8, 4) is 11.4 Å². The number of alkyl halides is 3. The van der Waals surface area contributed by atoms with Crippen LogP contribution < -0.4 is 15.4 Å². The molecule has 2 heterocycles. The summed E-state index contributed by atoms with van der Waals surface area (Å²) in [6.07, 6.45) is -2.75. The van der Waals surface area contributed by atoms with E-state index in [1.54, 1.807) is 6.07 Å². The van der Waals surface area contributed by atoms with Gasteiger partial charge in [-0.2, -0.15) is 18.3 Å². The van der Waals surface area contributed by atoms with Gasteiger partial charge in [0, 0.05) is 17.1 Å². The highest BCUT2D eigenvalue weighted by Crippen LogP contribution is 2.44. The highest BCUT2D eigenvalue weighted by molar-refractivity contribution is 7.66. The standard InChI is InChI=1S/C28H27F3N4O4S/c1-2-17-4-6-19(7-5-17)35-25(32-23(36)16-40-38)24-22(34-35)15-27(33-26(24)37)12-10-18-14-20(8-9-21(18)27)39-13-3-11-28(29,30)31/h4-9,14H,2-3,10-13,15-16H2,1H3,(H-,32,33,34,36,37)/p+1/t27-/m0/s1. The first-order valence-corrected chi connectivity index (χ1v) is 13.9. The van der Waals surface area contributed by atoms with Crippen molar-refractivity contribution in [3.05, 3.63) is 70.4 Å². The highest BCUT2D eigenvalue weighted by Gasteiger charge is 2.46. The Hall–Kier alpha value is -3.80. The van der Waals surface area contributed by atoms with E-state index in [2.05, 4.69) is 10.6 Å². The fraction of sp³-hybridized carbons (Fsp3) is 0.393. The summed E-state index contributed by atoms with van der Waals surface area (Å²) in [7, 11) is 0. The van der Waals surface area contributed by atoms with Crippen LogP contribution in [0.3, 0.4) is 0 Å². The molecule has 0 bridgehead atoms. The van der Waals surface area contributed by atoms with E-state index >= 15 is 0 Å². The maximum Gasteiger partial charge on any atom is 0.469 e. The topological polar surface area (TPSA) is 102 Å². The summed E-state index contributed by atoms with van der Waals surface area (Å²) >= 11 is 0.140. The molecule has 1 aliphatic carbocycles. The van der Waals surface area contributed by atoms with Crippen LogP contribution in [0, 0.1) is 0 Å². The Kier molecular flexibility index (Phi) is 7.63. The number of nitrogens with zero attached hydrogens (tertiary/aromatic N) is 2. The van der Waals surface area contributed by atoms with Crippen LogP contribution >= 0.6 is 0 Å². The van der Waals surface area contributed by atoms with E-state index in [-0.39, 0.29) is 47.7 Å². The van der Waals surface area contributed by atoms with Crippen LogP contribution in [0.15, 0.2) is 42.5 Å². The molecule has 1 aliphatic heterocycles. The second-order valence-electron chi connectivity index (χ2n) is 10.0. The third-order valence-corrected chi connectivity index (χ3v) is 7.71. The van der Waals surface area contributed by atoms with Crippen molar-refractivity contribution in [2.45, 2.75) is 57.2 Å². The van der Waals surface area contributed by atoms with Gasteiger partial charge in [-0.05, 0) is 66.6 Å². The number of anilines is 1. The number of carbonyl (C=O) groups is 2. The predicted octanol–water partition coefficient (Wildman–Crippen LogP) is 4.65. The molecule has 5 rings (SSSR count). The molecule has 0 unspecified atom stereocenters. The fourth-order valence-corrected chi connectivity index (χ4v) is 5.60. The Labute approximate surface area is 232 Å². The second-order valence-corrected chi connectivity index (χ2v) is 10.5. The molecule has 8 nitrogen and oxygen atoms in total. The maximum atomic E-state index is 13.6. The van der Waals surface area contributed by atoms with Gasteiger partial charge in [-0.15, -0.1) is 0 Å². The van der Waals surface area contributed by atoms with Crippen molar-refractivity contribution in [2.75, 3.05) is 17.7 Å². The molecule has 2 amide bonds. The van der Waals surface area contributed by atoms with Crippen molar-refractivity contribution >= 4 is 29.3 Å². The smallest absolute Gasteiger partial charge is 0.469 e. The Morgan fingerprint density at radius 1 is 1.23 bits per heavy atom. The molecular formula is C28H28F3N4O4S+. The van der Waals surface area contributed by atoms with E-state index in [0.717, 1.165) is 23.1 Å². The van der Waals surface area contributed by atoms with Crippen molar-refractivity contribution in [3.63, 3.8) is 0 Å². The number of rotatable bonds is 9. The van der Waals surface area contributed by atoms with E-state index in [9.17, 15) is 27.0 Å². The van der Waals surface area contributed by atoms with Crippen molar-refractivity contribution < 1.29 is 31.7 Å². The molecule has 3 aromatic rings. The number of fused-ring (bicyclic) bond motifs is 3. The summed E-state index contributed by atoms with van der Waals surface area (Å²) < 4.78 is 55.3. The summed E-state index contributed by atoms with van der Waals surface area (Å²) in [4.78, 5) is 26.0. The van der Waals surface area contributed by atoms with E-state index in [1.807, 2.05) is 43.3 Å². The summed E-state index contributed by atoms with van der Waals surface area (Å²) in [6, 6.07) is 13.0. The third-order valence-electron chi connectivity index (χ3n) is 7.33. The van der Waals surface area contributed by atoms with Crippen LogP contribution in [0.5, 0.6) is 5.75 Å². The number of aryl methyl sites for hydroxylation is 2. The second kappa shape index (κ2) is 11.0. The summed E-state index contributed by atoms with van der Waals surface area (Å²) in [5.41, 5.74) is 3.71. The molecule has 2 N–H and O–H groups in total. The van der Waals surface area contributed by atoms with Gasteiger partial charge in [-0.25, -0.2) is 4.68 Å². The number of benzene rings is 2. The highest BCUT2D eigenvalue weighted by atomic mass is 32.1. The first-order valence-electron chi connectivity index (χ1n) is 13.0. The number of ether oxygens (including phenoxy) is 1. The van der Waals surface area contributed by atoms with Gasteiger partial charge in [-0.1, -0.05) is 25.1 Å². The Bertz CT molecular complexity index is 1450. The van der Waals surface area contributed by atoms with Gasteiger partial charge in [0.2, 0.25) is 0 Å². The average Bonchev–Trinajstić information content (AvgIpc) is 3.44. The monoisotopic (exact) mass is 573 g/mol. The normalized spacial score (nSPS) is 17.8. The van der Waals surface area contributed by atoms with Crippen LogP contribution in [-0.4, -0.2) is 40.1 Å². The minimum atomic E-state index is -4.21. The van der Waals surface area contributed by atoms with Gasteiger partial charge in [0.25, 0.3) is 11.8 Å². The minimum Gasteiger partial charge on any atom is -0.494 e. The quantitative estimate of drug-likeness (QED) is 0.287. The van der Waals surface area contributed by atoms with Crippen LogP contribution in [-0.2, 0) is 45.5 Å². The number of hydrogen-bond acceptors (Lipinski definition) is 5. The molecule has 0 fully saturated rings. The lowest BCUT2D eigenvalue weighted by Crippen LogP contribution is -2.49. The SMILES string of the molecule is CCc1ccc(-n2nc3c(c2NC(=O)C[S+]=O)C(=O)N[C@@]2(CCc4cc(OCCCC(F)(F)F)ccc42)C3)cc1. The summed E-state index contributed by atoms with van der Waals surface area (Å²) in [5.74, 6) is -0.526. The predicted molar refractivity (Wildman–Crippen MR) is 143 cm³/mol. The lowest BCUT2D eigenvalue weighted by Gasteiger charge is -2.35. The van der Waals surface area contributed by atoms with E-state index < -0.39 is 24.0 Å². The molecule has 12 heteroatoms. The number of aromatic nitrogens is 2. The number of amides is 2. The van der Waals surface area contributed by atoms with Crippen molar-refractivity contribution in [2.24, 2.45) is 0 Å². The lowest BCUT2D eigenvalue weighted by atomic mass is 9.82. The summed E-state index contributed by atoms with van der Waals surface area (Å²) in [6.45, 7) is 2.00. The largest absolute Gasteiger partial charge is 0.494 e. The van der Waals surface area contributed by atoms with E-state index in [4.69, 9.17) is 9.84 Å². The molecule has 0 radical (unpaired) electrons. The zero-order valence-corrected chi connectivity index (χ0v) is 22.6. The van der Waals surface area contributed by atoms with E-state index in [1.165, 1.54) is 4.68 Å². The van der Waals surface area contributed by atoms with Gasteiger partial charge in [0.1, 0.15) is 17.1 Å². The Morgan fingerprint density at radius 3 is 2.70 bits per heavy atom. The Morgan fingerprint density at radius 2 is 2.00 bits per heavy atom. The first kappa shape index (κ1) is 27.8. The van der Waals surface area contributed by atoms with Crippen LogP contribution in [0.25, 0.3) is 5.69 Å². The zero-order chi connectivity index (χ0) is 28.5. The number of carbonyl (C=O) groups excluding carboxylic acids is 2. The van der Waals surface area contributed by atoms with Crippen molar-refractivity contribution in [1.29, 1.82) is 0 Å². The molecule has 2 aromatic carbocycles. The molecule has 0 saturated heterocycles.